The van der Waals surface area contributed by atoms with Gasteiger partial charge in [-0.25, -0.2) is 0 Å². The van der Waals surface area contributed by atoms with Crippen molar-refractivity contribution in [3.05, 3.63) is 29.8 Å². The van der Waals surface area contributed by atoms with Crippen LogP contribution in [-0.4, -0.2) is 82.4 Å². The van der Waals surface area contributed by atoms with Crippen molar-refractivity contribution >= 4 is 5.96 Å². The van der Waals surface area contributed by atoms with Gasteiger partial charge < -0.3 is 15.4 Å². The fraction of sp³-hybridized carbons (Fsp3) is 0.667. The average molecular weight is 430 g/mol. The zero-order valence-electron chi connectivity index (χ0n) is 18.1. The first-order valence-electron chi connectivity index (χ1n) is 10.4. The number of ether oxygens (including phenoxy) is 1. The minimum absolute atomic E-state index is 0.217. The molecule has 1 unspecified atom stereocenters. The maximum absolute atomic E-state index is 12.4. The standard InChI is InChI=1S/C21H34F3N5O/c1-25-20(26-11-6-12-28(2)16-21(22,23)24)27-15-19(29-13-4-5-14-29)17-7-9-18(30-3)10-8-17/h7-10,19H,4-6,11-16H2,1-3H3,(H2,25,26,27). The normalized spacial score (nSPS) is 16.7. The fourth-order valence-electron chi connectivity index (χ4n) is 3.69. The lowest BCUT2D eigenvalue weighted by molar-refractivity contribution is -0.143. The third-order valence-corrected chi connectivity index (χ3v) is 5.23. The van der Waals surface area contributed by atoms with E-state index in [9.17, 15) is 13.2 Å². The second-order valence-electron chi connectivity index (χ2n) is 7.62. The van der Waals surface area contributed by atoms with E-state index in [1.807, 2.05) is 12.1 Å². The quantitative estimate of drug-likeness (QED) is 0.340. The topological polar surface area (TPSA) is 52.1 Å². The maximum Gasteiger partial charge on any atom is 0.401 e. The summed E-state index contributed by atoms with van der Waals surface area (Å²) in [6.07, 6.45) is -1.16. The minimum atomic E-state index is -4.16. The predicted molar refractivity (Wildman–Crippen MR) is 114 cm³/mol. The van der Waals surface area contributed by atoms with Gasteiger partial charge in [0.2, 0.25) is 0 Å². The molecule has 1 aliphatic heterocycles. The smallest absolute Gasteiger partial charge is 0.401 e. The number of hydrogen-bond donors (Lipinski definition) is 2. The zero-order chi connectivity index (χ0) is 22.0. The summed E-state index contributed by atoms with van der Waals surface area (Å²) >= 11 is 0. The summed E-state index contributed by atoms with van der Waals surface area (Å²) < 4.78 is 42.4. The minimum Gasteiger partial charge on any atom is -0.497 e. The summed E-state index contributed by atoms with van der Waals surface area (Å²) in [6.45, 7) is 2.86. The molecule has 0 aromatic heterocycles. The van der Waals surface area contributed by atoms with Crippen LogP contribution in [0.1, 0.15) is 30.9 Å². The van der Waals surface area contributed by atoms with Gasteiger partial charge in [0.05, 0.1) is 19.7 Å². The molecule has 6 nitrogen and oxygen atoms in total. The molecule has 0 amide bonds. The maximum atomic E-state index is 12.4. The van der Waals surface area contributed by atoms with E-state index in [-0.39, 0.29) is 6.04 Å². The number of guanidine groups is 1. The molecular weight excluding hydrogens is 395 g/mol. The molecule has 1 fully saturated rings. The number of alkyl halides is 3. The van der Waals surface area contributed by atoms with Crippen LogP contribution in [0.3, 0.4) is 0 Å². The number of halogens is 3. The van der Waals surface area contributed by atoms with Gasteiger partial charge in [-0.3, -0.25) is 14.8 Å². The number of benzene rings is 1. The van der Waals surface area contributed by atoms with Crippen LogP contribution in [0.25, 0.3) is 0 Å². The molecule has 1 heterocycles. The summed E-state index contributed by atoms with van der Waals surface area (Å²) in [7, 11) is 4.84. The Labute approximate surface area is 177 Å². The Hall–Kier alpha value is -2.00. The molecule has 2 N–H and O–H groups in total. The molecule has 0 spiro atoms. The molecule has 1 atom stereocenters. The fourth-order valence-corrected chi connectivity index (χ4v) is 3.69. The lowest BCUT2D eigenvalue weighted by Crippen LogP contribution is -2.43. The Morgan fingerprint density at radius 1 is 1.20 bits per heavy atom. The number of rotatable bonds is 10. The largest absolute Gasteiger partial charge is 0.497 e. The van der Waals surface area contributed by atoms with Crippen LogP contribution >= 0.6 is 0 Å². The van der Waals surface area contributed by atoms with Crippen molar-refractivity contribution in [2.45, 2.75) is 31.5 Å². The molecule has 0 aliphatic carbocycles. The monoisotopic (exact) mass is 429 g/mol. The van der Waals surface area contributed by atoms with E-state index in [2.05, 4.69) is 32.7 Å². The summed E-state index contributed by atoms with van der Waals surface area (Å²) in [5.41, 5.74) is 1.22. The Morgan fingerprint density at radius 3 is 2.43 bits per heavy atom. The van der Waals surface area contributed by atoms with Crippen molar-refractivity contribution in [1.29, 1.82) is 0 Å². The number of hydrogen-bond acceptors (Lipinski definition) is 4. The molecule has 0 bridgehead atoms. The molecule has 9 heteroatoms. The summed E-state index contributed by atoms with van der Waals surface area (Å²) in [6, 6.07) is 8.35. The lowest BCUT2D eigenvalue weighted by atomic mass is 10.1. The van der Waals surface area contributed by atoms with Gasteiger partial charge in [-0.2, -0.15) is 13.2 Å². The molecule has 170 valence electrons. The van der Waals surface area contributed by atoms with E-state index in [4.69, 9.17) is 4.74 Å². The molecule has 30 heavy (non-hydrogen) atoms. The Morgan fingerprint density at radius 2 is 1.87 bits per heavy atom. The third kappa shape index (κ3) is 8.39. The first-order valence-corrected chi connectivity index (χ1v) is 10.4. The van der Waals surface area contributed by atoms with Crippen LogP contribution in [0.4, 0.5) is 13.2 Å². The second-order valence-corrected chi connectivity index (χ2v) is 7.62. The van der Waals surface area contributed by atoms with Crippen LogP contribution in [0, 0.1) is 0 Å². The van der Waals surface area contributed by atoms with Crippen LogP contribution in [0.15, 0.2) is 29.3 Å². The van der Waals surface area contributed by atoms with Crippen molar-refractivity contribution in [2.75, 3.05) is 60.5 Å². The van der Waals surface area contributed by atoms with Crippen LogP contribution in [0.2, 0.25) is 0 Å². The van der Waals surface area contributed by atoms with E-state index in [0.29, 0.717) is 32.0 Å². The van der Waals surface area contributed by atoms with Gasteiger partial charge in [-0.15, -0.1) is 0 Å². The van der Waals surface area contributed by atoms with E-state index in [1.54, 1.807) is 14.2 Å². The van der Waals surface area contributed by atoms with Gasteiger partial charge in [0, 0.05) is 20.1 Å². The number of methoxy groups -OCH3 is 1. The number of nitrogens with zero attached hydrogens (tertiary/aromatic N) is 3. The predicted octanol–water partition coefficient (Wildman–Crippen LogP) is 2.88. The van der Waals surface area contributed by atoms with Crippen molar-refractivity contribution < 1.29 is 17.9 Å². The highest BCUT2D eigenvalue weighted by Crippen LogP contribution is 2.26. The number of nitrogens with one attached hydrogen (secondary N) is 2. The van der Waals surface area contributed by atoms with Crippen LogP contribution in [0.5, 0.6) is 5.75 Å². The summed E-state index contributed by atoms with van der Waals surface area (Å²) in [5.74, 6) is 1.49. The molecule has 1 saturated heterocycles. The van der Waals surface area contributed by atoms with E-state index < -0.39 is 12.7 Å². The second kappa shape index (κ2) is 12.0. The first kappa shape index (κ1) is 24.3. The van der Waals surface area contributed by atoms with Gasteiger partial charge >= 0.3 is 6.18 Å². The van der Waals surface area contributed by atoms with Crippen molar-refractivity contribution in [3.63, 3.8) is 0 Å². The molecule has 0 radical (unpaired) electrons. The average Bonchev–Trinajstić information content (AvgIpc) is 3.23. The van der Waals surface area contributed by atoms with Crippen LogP contribution < -0.4 is 15.4 Å². The Balaban J connectivity index is 1.83. The van der Waals surface area contributed by atoms with Gasteiger partial charge in [0.15, 0.2) is 5.96 Å². The molecular formula is C21H34F3N5O. The Kier molecular flexibility index (Phi) is 9.71. The summed E-state index contributed by atoms with van der Waals surface area (Å²) in [4.78, 5) is 8.00. The van der Waals surface area contributed by atoms with Gasteiger partial charge in [0.1, 0.15) is 5.75 Å². The molecule has 1 aromatic carbocycles. The van der Waals surface area contributed by atoms with Crippen LogP contribution in [-0.2, 0) is 0 Å². The highest BCUT2D eigenvalue weighted by molar-refractivity contribution is 5.79. The highest BCUT2D eigenvalue weighted by atomic mass is 19.4. The van der Waals surface area contributed by atoms with Crippen molar-refractivity contribution in [3.8, 4) is 5.75 Å². The number of likely N-dealkylation sites (tertiary alicyclic amines) is 1. The molecule has 1 aliphatic rings. The Bertz CT molecular complexity index is 645. The molecule has 0 saturated carbocycles. The third-order valence-electron chi connectivity index (χ3n) is 5.23. The SMILES string of the molecule is CN=C(NCCCN(C)CC(F)(F)F)NCC(c1ccc(OC)cc1)N1CCCC1. The van der Waals surface area contributed by atoms with Gasteiger partial charge in [0.25, 0.3) is 0 Å². The number of aliphatic imine (C=N–C) groups is 1. The van der Waals surface area contributed by atoms with E-state index in [0.717, 1.165) is 18.8 Å². The molecule has 2 rings (SSSR count). The van der Waals surface area contributed by atoms with Gasteiger partial charge in [-0.05, 0) is 63.6 Å². The summed E-state index contributed by atoms with van der Waals surface area (Å²) in [5, 5.41) is 6.57. The lowest BCUT2D eigenvalue weighted by Gasteiger charge is -2.29. The highest BCUT2D eigenvalue weighted by Gasteiger charge is 2.28. The van der Waals surface area contributed by atoms with Crippen molar-refractivity contribution in [2.24, 2.45) is 4.99 Å². The van der Waals surface area contributed by atoms with E-state index in [1.165, 1.54) is 30.4 Å². The zero-order valence-corrected chi connectivity index (χ0v) is 18.1. The van der Waals surface area contributed by atoms with Gasteiger partial charge in [-0.1, -0.05) is 12.1 Å². The molecule has 1 aromatic rings. The first-order chi connectivity index (χ1) is 14.3. The van der Waals surface area contributed by atoms with E-state index >= 15 is 0 Å². The van der Waals surface area contributed by atoms with Crippen molar-refractivity contribution in [1.82, 2.24) is 20.4 Å².